The average molecular weight is 284 g/mol. The van der Waals surface area contributed by atoms with Gasteiger partial charge in [-0.25, -0.2) is 4.39 Å². The van der Waals surface area contributed by atoms with E-state index in [-0.39, 0.29) is 6.04 Å². The second-order valence-corrected chi connectivity index (χ2v) is 5.91. The average Bonchev–Trinajstić information content (AvgIpc) is 2.79. The molecule has 20 heavy (non-hydrogen) atoms. The zero-order valence-corrected chi connectivity index (χ0v) is 12.6. The number of rotatable bonds is 5. The molecule has 1 fully saturated rings. The number of likely N-dealkylation sites (N-methyl/N-ethyl adjacent to an activating group) is 1. The molecule has 6 heteroatoms. The Morgan fingerprint density at radius 3 is 2.95 bits per heavy atom. The van der Waals surface area contributed by atoms with E-state index in [1.807, 2.05) is 14.1 Å². The minimum absolute atomic E-state index is 0.0874. The van der Waals surface area contributed by atoms with Gasteiger partial charge in [-0.3, -0.25) is 4.68 Å². The predicted molar refractivity (Wildman–Crippen MR) is 76.6 cm³/mol. The Morgan fingerprint density at radius 2 is 2.35 bits per heavy atom. The van der Waals surface area contributed by atoms with Crippen LogP contribution in [0.3, 0.4) is 0 Å². The Morgan fingerprint density at radius 1 is 1.60 bits per heavy atom. The highest BCUT2D eigenvalue weighted by Crippen LogP contribution is 2.44. The van der Waals surface area contributed by atoms with Crippen molar-refractivity contribution in [1.29, 1.82) is 0 Å². The first-order chi connectivity index (χ1) is 9.46. The van der Waals surface area contributed by atoms with Gasteiger partial charge in [-0.1, -0.05) is 0 Å². The highest BCUT2D eigenvalue weighted by Gasteiger charge is 2.42. The number of nitrogens with zero attached hydrogens (tertiary/aromatic N) is 3. The van der Waals surface area contributed by atoms with Crippen LogP contribution in [0.25, 0.3) is 0 Å². The Bertz CT molecular complexity index is 448. The Hall–Kier alpha value is -1.14. The van der Waals surface area contributed by atoms with E-state index in [9.17, 15) is 0 Å². The lowest BCUT2D eigenvalue weighted by Crippen LogP contribution is -2.38. The van der Waals surface area contributed by atoms with Crippen molar-refractivity contribution in [2.75, 3.05) is 27.7 Å². The molecule has 2 unspecified atom stereocenters. The van der Waals surface area contributed by atoms with Crippen LogP contribution in [-0.2, 0) is 12.2 Å². The van der Waals surface area contributed by atoms with Gasteiger partial charge in [0, 0.05) is 19.0 Å². The maximum atomic E-state index is 15.4. The largest absolute Gasteiger partial charge is 0.493 e. The van der Waals surface area contributed by atoms with Crippen molar-refractivity contribution in [3.05, 3.63) is 11.9 Å². The lowest BCUT2D eigenvalue weighted by Gasteiger charge is -2.34. The second kappa shape index (κ2) is 6.10. The summed E-state index contributed by atoms with van der Waals surface area (Å²) >= 11 is 0. The molecule has 1 aliphatic carbocycles. The number of hydrogen-bond donors (Lipinski definition) is 1. The van der Waals surface area contributed by atoms with Crippen LogP contribution in [0.2, 0.25) is 0 Å². The lowest BCUT2D eigenvalue weighted by molar-refractivity contribution is 0.0801. The number of nitrogens with two attached hydrogens (primary N) is 1. The molecule has 5 nitrogen and oxygen atoms in total. The van der Waals surface area contributed by atoms with Gasteiger partial charge in [0.25, 0.3) is 0 Å². The van der Waals surface area contributed by atoms with Crippen LogP contribution < -0.4 is 10.5 Å². The van der Waals surface area contributed by atoms with Crippen LogP contribution in [0, 0.1) is 0 Å². The maximum absolute atomic E-state index is 15.4. The van der Waals surface area contributed by atoms with Crippen LogP contribution in [-0.4, -0.2) is 48.5 Å². The molecule has 0 amide bonds. The quantitative estimate of drug-likeness (QED) is 0.890. The summed E-state index contributed by atoms with van der Waals surface area (Å²) < 4.78 is 22.4. The van der Waals surface area contributed by atoms with Gasteiger partial charge in [-0.15, -0.1) is 0 Å². The molecule has 0 radical (unpaired) electrons. The summed E-state index contributed by atoms with van der Waals surface area (Å²) in [6.07, 6.45) is 4.13. The van der Waals surface area contributed by atoms with E-state index < -0.39 is 5.67 Å². The van der Waals surface area contributed by atoms with E-state index >= 15 is 4.39 Å². The molecule has 1 aromatic rings. The van der Waals surface area contributed by atoms with Crippen molar-refractivity contribution >= 4 is 0 Å². The van der Waals surface area contributed by atoms with E-state index in [0.717, 1.165) is 19.4 Å². The Kier molecular flexibility index (Phi) is 4.65. The molecule has 0 saturated heterocycles. The molecule has 114 valence electrons. The molecule has 2 rings (SSSR count). The summed E-state index contributed by atoms with van der Waals surface area (Å²) in [7, 11) is 5.53. The summed E-state index contributed by atoms with van der Waals surface area (Å²) in [4.78, 5) is 2.05. The van der Waals surface area contributed by atoms with Crippen molar-refractivity contribution < 1.29 is 9.13 Å². The third-order valence-corrected chi connectivity index (χ3v) is 3.94. The van der Waals surface area contributed by atoms with Crippen molar-refractivity contribution in [3.63, 3.8) is 0 Å². The molecular weight excluding hydrogens is 259 g/mol. The van der Waals surface area contributed by atoms with E-state index in [1.165, 1.54) is 0 Å². The Balaban J connectivity index is 2.29. The molecular formula is C14H25FN4O. The highest BCUT2D eigenvalue weighted by molar-refractivity contribution is 5.31. The van der Waals surface area contributed by atoms with Gasteiger partial charge in [0.05, 0.1) is 19.9 Å². The molecule has 1 heterocycles. The van der Waals surface area contributed by atoms with E-state index in [2.05, 4.69) is 10.00 Å². The number of methoxy groups -OCH3 is 1. The fraction of sp³-hybridized carbons (Fsp3) is 0.786. The molecule has 0 bridgehead atoms. The second-order valence-electron chi connectivity index (χ2n) is 5.91. The SMILES string of the molecule is COc1cnn(CCN(C)C)c1C1(F)CCCC(N)C1. The molecule has 1 aliphatic rings. The van der Waals surface area contributed by atoms with Crippen LogP contribution in [0.1, 0.15) is 31.4 Å². The van der Waals surface area contributed by atoms with Gasteiger partial charge in [0.2, 0.25) is 0 Å². The molecule has 0 aliphatic heterocycles. The fourth-order valence-corrected chi connectivity index (χ4v) is 2.91. The topological polar surface area (TPSA) is 56.3 Å². The molecule has 2 atom stereocenters. The Labute approximate surface area is 119 Å². The normalized spacial score (nSPS) is 27.0. The minimum atomic E-state index is -1.42. The molecule has 1 aromatic heterocycles. The fourth-order valence-electron chi connectivity index (χ4n) is 2.91. The summed E-state index contributed by atoms with van der Waals surface area (Å²) in [6.45, 7) is 1.45. The first kappa shape index (κ1) is 15.3. The van der Waals surface area contributed by atoms with Crippen LogP contribution in [0.15, 0.2) is 6.20 Å². The summed E-state index contributed by atoms with van der Waals surface area (Å²) in [5.74, 6) is 0.528. The minimum Gasteiger partial charge on any atom is -0.493 e. The lowest BCUT2D eigenvalue weighted by atomic mass is 9.81. The van der Waals surface area contributed by atoms with E-state index in [4.69, 9.17) is 10.5 Å². The van der Waals surface area contributed by atoms with Crippen LogP contribution >= 0.6 is 0 Å². The van der Waals surface area contributed by atoms with Gasteiger partial charge in [0.15, 0.2) is 11.4 Å². The number of aromatic nitrogens is 2. The van der Waals surface area contributed by atoms with Crippen molar-refractivity contribution in [3.8, 4) is 5.75 Å². The summed E-state index contributed by atoms with van der Waals surface area (Å²) in [6, 6.07) is -0.0874. The third-order valence-electron chi connectivity index (χ3n) is 3.94. The zero-order valence-electron chi connectivity index (χ0n) is 12.6. The number of ether oxygens (including phenoxy) is 1. The summed E-state index contributed by atoms with van der Waals surface area (Å²) in [5.41, 5.74) is 5.09. The first-order valence-electron chi connectivity index (χ1n) is 7.16. The molecule has 1 saturated carbocycles. The molecule has 0 aromatic carbocycles. The van der Waals surface area contributed by atoms with Crippen molar-refractivity contribution in [2.24, 2.45) is 5.73 Å². The maximum Gasteiger partial charge on any atom is 0.163 e. The predicted octanol–water partition coefficient (Wildman–Crippen LogP) is 1.52. The zero-order chi connectivity index (χ0) is 14.8. The van der Waals surface area contributed by atoms with E-state index in [0.29, 0.717) is 30.8 Å². The number of halogens is 1. The van der Waals surface area contributed by atoms with Crippen LogP contribution in [0.5, 0.6) is 5.75 Å². The van der Waals surface area contributed by atoms with Gasteiger partial charge < -0.3 is 15.4 Å². The smallest absolute Gasteiger partial charge is 0.163 e. The van der Waals surface area contributed by atoms with E-state index in [1.54, 1.807) is 18.0 Å². The first-order valence-corrected chi connectivity index (χ1v) is 7.16. The molecule has 0 spiro atoms. The van der Waals surface area contributed by atoms with Crippen molar-refractivity contribution in [2.45, 2.75) is 43.9 Å². The van der Waals surface area contributed by atoms with Crippen LogP contribution in [0.4, 0.5) is 4.39 Å². The molecule has 2 N–H and O–H groups in total. The summed E-state index contributed by atoms with van der Waals surface area (Å²) in [5, 5.41) is 4.29. The number of alkyl halides is 1. The monoisotopic (exact) mass is 284 g/mol. The third kappa shape index (κ3) is 3.12. The van der Waals surface area contributed by atoms with Gasteiger partial charge >= 0.3 is 0 Å². The standard InChI is InChI=1S/C14H25FN4O/c1-18(2)7-8-19-13(12(20-3)10-17-19)14(15)6-4-5-11(16)9-14/h10-11H,4-9,16H2,1-3H3. The number of hydrogen-bond acceptors (Lipinski definition) is 4. The van der Waals surface area contributed by atoms with Crippen molar-refractivity contribution in [1.82, 2.24) is 14.7 Å². The highest BCUT2D eigenvalue weighted by atomic mass is 19.1. The van der Waals surface area contributed by atoms with Gasteiger partial charge in [-0.2, -0.15) is 5.10 Å². The van der Waals surface area contributed by atoms with Gasteiger partial charge in [-0.05, 0) is 33.4 Å². The van der Waals surface area contributed by atoms with Gasteiger partial charge in [0.1, 0.15) is 5.69 Å².